The molecule has 0 radical (unpaired) electrons. The molecule has 16 nitrogen and oxygen atoms in total. The van der Waals surface area contributed by atoms with Gasteiger partial charge in [0.2, 0.25) is 17.8 Å². The summed E-state index contributed by atoms with van der Waals surface area (Å²) in [6, 6.07) is 16.0. The molecular formula is C50H57ClFN10O6P. The van der Waals surface area contributed by atoms with E-state index < -0.39 is 30.8 Å². The molecular weight excluding hydrogens is 922 g/mol. The Kier molecular flexibility index (Phi) is 15.3. The summed E-state index contributed by atoms with van der Waals surface area (Å²) >= 11 is 6.51. The fraction of sp³-hybridized carbons (Fsp3) is 0.400. The third-order valence-corrected chi connectivity index (χ3v) is 14.9. The van der Waals surface area contributed by atoms with Crippen LogP contribution < -0.4 is 36.2 Å². The number of amides is 4. The summed E-state index contributed by atoms with van der Waals surface area (Å²) in [6.45, 7) is 13.2. The number of hydrogen-bond donors (Lipinski definition) is 4. The number of imide groups is 1. The minimum atomic E-state index is -2.64. The number of aromatic nitrogens is 2. The first-order chi connectivity index (χ1) is 33.2. The van der Waals surface area contributed by atoms with Gasteiger partial charge in [-0.15, -0.1) is 0 Å². The van der Waals surface area contributed by atoms with Gasteiger partial charge >= 0.3 is 0 Å². The van der Waals surface area contributed by atoms with Crippen molar-refractivity contribution in [3.8, 4) is 17.6 Å². The Morgan fingerprint density at radius 2 is 1.74 bits per heavy atom. The normalized spacial score (nSPS) is 18.0. The van der Waals surface area contributed by atoms with Gasteiger partial charge in [0.05, 0.1) is 36.1 Å². The van der Waals surface area contributed by atoms with E-state index in [1.165, 1.54) is 13.3 Å². The second-order valence-electron chi connectivity index (χ2n) is 18.0. The van der Waals surface area contributed by atoms with Crippen molar-refractivity contribution >= 4 is 82.2 Å². The topological polar surface area (TPSA) is 181 Å². The number of anilines is 6. The lowest BCUT2D eigenvalue weighted by Crippen LogP contribution is -2.53. The van der Waals surface area contributed by atoms with Crippen LogP contribution in [-0.4, -0.2) is 127 Å². The van der Waals surface area contributed by atoms with Crippen LogP contribution in [0.4, 0.5) is 38.9 Å². The van der Waals surface area contributed by atoms with Gasteiger partial charge < -0.3 is 40.0 Å². The standard InChI is InChI=1S/C50H57ClFN10O6P/c1-32(52)47(64)55-39-28-40(56-50-53-30-37(51)46(58-50)54-38-15-8-9-16-44(38)69(3,4)67)43(68-2)29-42(39)61-22-19-34(20-23-61)60-26-24-59(25-27-60)21-10-6-5-7-12-33-13-11-14-35-36(33)31-62(49(35)66)41-17-18-45(63)57-48(41)65/h8-9,11,13-16,28-30,34,41H,1,5-6,10,17-27,31H2,2-4H3,(H,55,64)(H,57,63,65)(H2,53,54,56,58). The van der Waals surface area contributed by atoms with Crippen molar-refractivity contribution in [2.45, 2.75) is 63.6 Å². The van der Waals surface area contributed by atoms with E-state index in [0.717, 1.165) is 76.0 Å². The van der Waals surface area contributed by atoms with Crippen LogP contribution in [-0.2, 0) is 25.5 Å². The third-order valence-electron chi connectivity index (χ3n) is 13.1. The van der Waals surface area contributed by atoms with Gasteiger partial charge in [0.15, 0.2) is 11.6 Å². The number of nitrogens with one attached hydrogen (secondary N) is 4. The summed E-state index contributed by atoms with van der Waals surface area (Å²) in [5.74, 6) is 4.47. The maximum atomic E-state index is 14.1. The number of nitrogens with zero attached hydrogens (tertiary/aromatic N) is 6. The van der Waals surface area contributed by atoms with E-state index in [-0.39, 0.29) is 35.0 Å². The lowest BCUT2D eigenvalue weighted by Gasteiger charge is -2.43. The molecule has 5 heterocycles. The molecule has 4 amide bonds. The SMILES string of the molecule is C=C(F)C(=O)Nc1cc(Nc2ncc(Cl)c(Nc3ccccc3P(C)(C)=O)n2)c(OC)cc1N1CCC(N2CCN(CCCCC#Cc3cccc4c3CN(C3CCC(=O)NC3=O)C4=O)CC2)CC1. The van der Waals surface area contributed by atoms with Crippen LogP contribution in [0.5, 0.6) is 5.75 Å². The summed E-state index contributed by atoms with van der Waals surface area (Å²) in [4.78, 5) is 67.8. The number of unbranched alkanes of at least 4 members (excludes halogenated alkanes) is 2. The quantitative estimate of drug-likeness (QED) is 0.0319. The molecule has 0 saturated carbocycles. The first-order valence-corrected chi connectivity index (χ1v) is 26.2. The number of piperidine rings is 2. The number of carbonyl (C=O) groups is 4. The van der Waals surface area contributed by atoms with Gasteiger partial charge in [-0.1, -0.05) is 48.2 Å². The molecule has 3 saturated heterocycles. The molecule has 0 aliphatic carbocycles. The summed E-state index contributed by atoms with van der Waals surface area (Å²) in [5.41, 5.74) is 4.27. The minimum absolute atomic E-state index is 0.162. The van der Waals surface area contributed by atoms with Crippen LogP contribution in [0.25, 0.3) is 0 Å². The zero-order valence-electron chi connectivity index (χ0n) is 39.1. The molecule has 8 rings (SSSR count). The molecule has 4 aliphatic heterocycles. The van der Waals surface area contributed by atoms with Gasteiger partial charge in [-0.25, -0.2) is 9.37 Å². The summed E-state index contributed by atoms with van der Waals surface area (Å²) < 4.78 is 33.0. The summed E-state index contributed by atoms with van der Waals surface area (Å²) in [7, 11) is -1.10. The Morgan fingerprint density at radius 3 is 2.46 bits per heavy atom. The Hall–Kier alpha value is -6.31. The monoisotopic (exact) mass is 978 g/mol. The number of methoxy groups -OCH3 is 1. The molecule has 4 aromatic rings. The predicted octanol–water partition coefficient (Wildman–Crippen LogP) is 6.86. The Bertz CT molecular complexity index is 2760. The Morgan fingerprint density at radius 1 is 0.971 bits per heavy atom. The van der Waals surface area contributed by atoms with Crippen molar-refractivity contribution in [1.29, 1.82) is 0 Å². The van der Waals surface area contributed by atoms with E-state index >= 15 is 0 Å². The number of rotatable bonds is 15. The van der Waals surface area contributed by atoms with Gasteiger partial charge in [-0.2, -0.15) is 4.98 Å². The molecule has 69 heavy (non-hydrogen) atoms. The fourth-order valence-electron chi connectivity index (χ4n) is 9.43. The average Bonchev–Trinajstić information content (AvgIpc) is 3.67. The van der Waals surface area contributed by atoms with E-state index in [1.807, 2.05) is 30.3 Å². The highest BCUT2D eigenvalue weighted by Gasteiger charge is 2.40. The predicted molar refractivity (Wildman–Crippen MR) is 267 cm³/mol. The highest BCUT2D eigenvalue weighted by Crippen LogP contribution is 2.41. The molecule has 1 atom stereocenters. The summed E-state index contributed by atoms with van der Waals surface area (Å²) in [5, 5.41) is 12.3. The second-order valence-corrected chi connectivity index (χ2v) is 21.6. The van der Waals surface area contributed by atoms with E-state index in [0.29, 0.717) is 71.5 Å². The smallest absolute Gasteiger partial charge is 0.283 e. The molecule has 4 aliphatic rings. The minimum Gasteiger partial charge on any atom is -0.494 e. The number of ether oxygens (including phenoxy) is 1. The van der Waals surface area contributed by atoms with E-state index in [2.05, 4.69) is 64.4 Å². The van der Waals surface area contributed by atoms with Gasteiger partial charge in [-0.05, 0) is 87.9 Å². The van der Waals surface area contributed by atoms with E-state index in [4.69, 9.17) is 16.3 Å². The number of halogens is 2. The number of carbonyl (C=O) groups excluding carboxylic acids is 4. The van der Waals surface area contributed by atoms with Crippen molar-refractivity contribution in [3.05, 3.63) is 94.9 Å². The van der Waals surface area contributed by atoms with Crippen LogP contribution in [0.15, 0.2) is 73.2 Å². The van der Waals surface area contributed by atoms with Gasteiger partial charge in [-0.3, -0.25) is 29.4 Å². The van der Waals surface area contributed by atoms with Crippen LogP contribution in [0.1, 0.15) is 66.4 Å². The molecule has 3 fully saturated rings. The number of benzene rings is 3. The first kappa shape index (κ1) is 49.1. The van der Waals surface area contributed by atoms with Gasteiger partial charge in [0.1, 0.15) is 24.0 Å². The van der Waals surface area contributed by atoms with Crippen molar-refractivity contribution in [3.63, 3.8) is 0 Å². The highest BCUT2D eigenvalue weighted by molar-refractivity contribution is 7.70. The van der Waals surface area contributed by atoms with Crippen LogP contribution in [0.3, 0.4) is 0 Å². The number of hydrogen-bond acceptors (Lipinski definition) is 13. The van der Waals surface area contributed by atoms with Crippen molar-refractivity contribution in [1.82, 2.24) is 30.0 Å². The van der Waals surface area contributed by atoms with Crippen LogP contribution in [0, 0.1) is 11.8 Å². The maximum Gasteiger partial charge on any atom is 0.283 e. The average molecular weight is 979 g/mol. The fourth-order valence-corrected chi connectivity index (χ4v) is 10.7. The van der Waals surface area contributed by atoms with E-state index in [1.54, 1.807) is 42.5 Å². The molecule has 3 aromatic carbocycles. The molecule has 19 heteroatoms. The summed E-state index contributed by atoms with van der Waals surface area (Å²) in [6.07, 6.45) is 6.51. The molecule has 362 valence electrons. The molecule has 0 spiro atoms. The van der Waals surface area contributed by atoms with Crippen molar-refractivity contribution in [2.24, 2.45) is 0 Å². The zero-order chi connectivity index (χ0) is 48.8. The van der Waals surface area contributed by atoms with Gasteiger partial charge in [0.25, 0.3) is 11.8 Å². The van der Waals surface area contributed by atoms with Crippen LogP contribution >= 0.6 is 18.7 Å². The van der Waals surface area contributed by atoms with Crippen molar-refractivity contribution in [2.75, 3.05) is 87.1 Å². The third kappa shape index (κ3) is 11.6. The maximum absolute atomic E-state index is 14.1. The number of para-hydroxylation sites is 1. The lowest BCUT2D eigenvalue weighted by atomic mass is 10.0. The number of piperazine rings is 1. The molecule has 4 N–H and O–H groups in total. The number of fused-ring (bicyclic) bond motifs is 1. The molecule has 0 bridgehead atoms. The lowest BCUT2D eigenvalue weighted by molar-refractivity contribution is -0.137. The van der Waals surface area contributed by atoms with E-state index in [9.17, 15) is 28.1 Å². The molecule has 1 unspecified atom stereocenters. The van der Waals surface area contributed by atoms with Crippen molar-refractivity contribution < 1.29 is 32.9 Å². The first-order valence-electron chi connectivity index (χ1n) is 23.2. The Labute approximate surface area is 406 Å². The molecule has 1 aromatic heterocycles. The largest absolute Gasteiger partial charge is 0.494 e. The highest BCUT2D eigenvalue weighted by atomic mass is 35.5. The van der Waals surface area contributed by atoms with Crippen LogP contribution in [0.2, 0.25) is 5.02 Å². The van der Waals surface area contributed by atoms with Gasteiger partial charge in [0, 0.05) is 87.2 Å². The second kappa shape index (κ2) is 21.5. The Balaban J connectivity index is 0.830. The zero-order valence-corrected chi connectivity index (χ0v) is 40.7.